The summed E-state index contributed by atoms with van der Waals surface area (Å²) in [4.78, 5) is 33.7. The van der Waals surface area contributed by atoms with Gasteiger partial charge in [0, 0.05) is 18.8 Å². The van der Waals surface area contributed by atoms with Crippen LogP contribution in [-0.2, 0) is 9.53 Å². The lowest BCUT2D eigenvalue weighted by Gasteiger charge is -2.27. The van der Waals surface area contributed by atoms with Crippen LogP contribution in [-0.4, -0.2) is 49.8 Å². The largest absolute Gasteiger partial charge is 0.376 e. The van der Waals surface area contributed by atoms with Gasteiger partial charge in [-0.15, -0.1) is 0 Å². The van der Waals surface area contributed by atoms with Crippen LogP contribution in [0.2, 0.25) is 0 Å². The Kier molecular flexibility index (Phi) is 6.77. The highest BCUT2D eigenvalue weighted by atomic mass is 32.2. The van der Waals surface area contributed by atoms with E-state index in [1.807, 2.05) is 19.1 Å². The number of fused-ring (bicyclic) bond motifs is 1. The van der Waals surface area contributed by atoms with Crippen LogP contribution in [0, 0.1) is 12.8 Å². The van der Waals surface area contributed by atoms with E-state index in [1.165, 1.54) is 11.8 Å². The number of rotatable bonds is 5. The number of carbonyl (C=O) groups excluding carboxylic acids is 1. The average Bonchev–Trinajstić information content (AvgIpc) is 3.42. The van der Waals surface area contributed by atoms with Crippen molar-refractivity contribution in [3.05, 3.63) is 44.7 Å². The third kappa shape index (κ3) is 4.78. The molecule has 1 saturated carbocycles. The number of carbonyl (C=O) groups is 1. The molecule has 7 nitrogen and oxygen atoms in total. The van der Waals surface area contributed by atoms with E-state index in [9.17, 15) is 9.59 Å². The van der Waals surface area contributed by atoms with Gasteiger partial charge < -0.3 is 10.1 Å². The van der Waals surface area contributed by atoms with Crippen LogP contribution >= 0.6 is 24.0 Å². The molecular weight excluding hydrogens is 468 g/mol. The van der Waals surface area contributed by atoms with Gasteiger partial charge in [0.25, 0.3) is 11.5 Å². The minimum absolute atomic E-state index is 0.0173. The summed E-state index contributed by atoms with van der Waals surface area (Å²) < 4.78 is 7.76. The van der Waals surface area contributed by atoms with E-state index >= 15 is 0 Å². The number of anilines is 1. The molecule has 2 aromatic rings. The van der Waals surface area contributed by atoms with E-state index in [0.29, 0.717) is 32.8 Å². The first-order valence-electron chi connectivity index (χ1n) is 12.1. The van der Waals surface area contributed by atoms with Gasteiger partial charge in [-0.05, 0) is 69.1 Å². The first-order chi connectivity index (χ1) is 16.4. The summed E-state index contributed by atoms with van der Waals surface area (Å²) in [5.74, 6) is 1.09. The highest BCUT2D eigenvalue weighted by Crippen LogP contribution is 2.34. The molecule has 2 saturated heterocycles. The summed E-state index contributed by atoms with van der Waals surface area (Å²) in [6.45, 7) is 5.41. The van der Waals surface area contributed by atoms with E-state index in [2.05, 4.69) is 12.2 Å². The van der Waals surface area contributed by atoms with Gasteiger partial charge in [0.05, 0.1) is 23.1 Å². The van der Waals surface area contributed by atoms with Crippen LogP contribution in [0.15, 0.2) is 28.0 Å². The lowest BCUT2D eigenvalue weighted by Crippen LogP contribution is -2.35. The molecule has 1 unspecified atom stereocenters. The van der Waals surface area contributed by atoms with Crippen LogP contribution in [0.1, 0.15) is 56.6 Å². The Morgan fingerprint density at radius 2 is 2.03 bits per heavy atom. The Morgan fingerprint density at radius 3 is 2.76 bits per heavy atom. The zero-order chi connectivity index (χ0) is 23.8. The monoisotopic (exact) mass is 498 g/mol. The molecule has 1 amide bonds. The van der Waals surface area contributed by atoms with Gasteiger partial charge in [-0.25, -0.2) is 4.98 Å². The van der Waals surface area contributed by atoms with Crippen LogP contribution in [0.25, 0.3) is 11.7 Å². The molecule has 3 aliphatic rings. The van der Waals surface area contributed by atoms with Gasteiger partial charge in [-0.3, -0.25) is 18.9 Å². The number of ether oxygens (including phenoxy) is 1. The molecular formula is C25H30N4O3S2. The molecule has 3 fully saturated rings. The number of amides is 1. The molecule has 1 N–H and O–H groups in total. The summed E-state index contributed by atoms with van der Waals surface area (Å²) in [5.41, 5.74) is 1.77. The van der Waals surface area contributed by atoms with E-state index in [-0.39, 0.29) is 23.6 Å². The number of aromatic nitrogens is 2. The van der Waals surface area contributed by atoms with E-state index in [1.54, 1.807) is 21.6 Å². The van der Waals surface area contributed by atoms with E-state index in [0.717, 1.165) is 56.6 Å². The van der Waals surface area contributed by atoms with Crippen molar-refractivity contribution in [1.29, 1.82) is 0 Å². The molecule has 4 heterocycles. The summed E-state index contributed by atoms with van der Waals surface area (Å²) in [5, 5.41) is 3.53. The van der Waals surface area contributed by atoms with Crippen molar-refractivity contribution >= 4 is 51.7 Å². The predicted molar refractivity (Wildman–Crippen MR) is 140 cm³/mol. The summed E-state index contributed by atoms with van der Waals surface area (Å²) in [6.07, 6.45) is 9.80. The zero-order valence-electron chi connectivity index (χ0n) is 19.6. The molecule has 5 rings (SSSR count). The summed E-state index contributed by atoms with van der Waals surface area (Å²) >= 11 is 6.75. The molecule has 180 valence electrons. The minimum atomic E-state index is -0.190. The number of hydrogen-bond acceptors (Lipinski definition) is 7. The fourth-order valence-corrected chi connectivity index (χ4v) is 6.13. The Bertz CT molecular complexity index is 1210. The van der Waals surface area contributed by atoms with Crippen LogP contribution < -0.4 is 10.9 Å². The maximum atomic E-state index is 13.6. The lowest BCUT2D eigenvalue weighted by atomic mass is 9.87. The van der Waals surface area contributed by atoms with Gasteiger partial charge in [0.2, 0.25) is 0 Å². The minimum Gasteiger partial charge on any atom is -0.376 e. The number of nitrogens with zero attached hydrogens (tertiary/aromatic N) is 3. The van der Waals surface area contributed by atoms with Crippen LogP contribution in [0.5, 0.6) is 0 Å². The van der Waals surface area contributed by atoms with Crippen molar-refractivity contribution in [1.82, 2.24) is 14.3 Å². The molecule has 1 aliphatic carbocycles. The smallest absolute Gasteiger partial charge is 0.267 e. The van der Waals surface area contributed by atoms with Crippen molar-refractivity contribution in [2.45, 2.75) is 64.5 Å². The quantitative estimate of drug-likeness (QED) is 0.484. The highest BCUT2D eigenvalue weighted by Gasteiger charge is 2.35. The molecule has 2 aromatic heterocycles. The van der Waals surface area contributed by atoms with Crippen LogP contribution in [0.3, 0.4) is 0 Å². The number of pyridine rings is 1. The molecule has 2 aliphatic heterocycles. The van der Waals surface area contributed by atoms with Gasteiger partial charge in [-0.2, -0.15) is 0 Å². The third-order valence-corrected chi connectivity index (χ3v) is 8.30. The summed E-state index contributed by atoms with van der Waals surface area (Å²) in [6, 6.07) is 4.07. The van der Waals surface area contributed by atoms with Crippen molar-refractivity contribution in [2.75, 3.05) is 18.5 Å². The predicted octanol–water partition coefficient (Wildman–Crippen LogP) is 4.37. The Balaban J connectivity index is 1.51. The molecule has 0 radical (unpaired) electrons. The molecule has 0 aromatic carbocycles. The first kappa shape index (κ1) is 23.5. The van der Waals surface area contributed by atoms with E-state index < -0.39 is 0 Å². The number of thioether (sulfide) groups is 1. The Hall–Kier alpha value is -2.23. The molecule has 9 heteroatoms. The SMILES string of the molecule is Cc1ccc2nc(NC3CCC(C)CC3)c(C=C3SC(=S)N(CC4CCCO4)C3=O)c(=O)n2c1. The Labute approximate surface area is 209 Å². The van der Waals surface area contributed by atoms with Crippen molar-refractivity contribution in [2.24, 2.45) is 5.92 Å². The summed E-state index contributed by atoms with van der Waals surface area (Å²) in [7, 11) is 0. The fraction of sp³-hybridized carbons (Fsp3) is 0.520. The number of nitrogens with one attached hydrogen (secondary N) is 1. The molecule has 0 bridgehead atoms. The maximum absolute atomic E-state index is 13.6. The third-order valence-electron chi connectivity index (χ3n) is 6.92. The number of thiocarbonyl (C=S) groups is 1. The normalized spacial score (nSPS) is 26.7. The van der Waals surface area contributed by atoms with Gasteiger partial charge >= 0.3 is 0 Å². The van der Waals surface area contributed by atoms with Gasteiger partial charge in [0.1, 0.15) is 15.8 Å². The van der Waals surface area contributed by atoms with Crippen molar-refractivity contribution in [3.63, 3.8) is 0 Å². The van der Waals surface area contributed by atoms with Crippen molar-refractivity contribution < 1.29 is 9.53 Å². The molecule has 1 atom stereocenters. The van der Waals surface area contributed by atoms with Crippen LogP contribution in [0.4, 0.5) is 5.82 Å². The molecule has 0 spiro atoms. The Morgan fingerprint density at radius 1 is 1.24 bits per heavy atom. The average molecular weight is 499 g/mol. The first-order valence-corrected chi connectivity index (χ1v) is 13.3. The second-order valence-corrected chi connectivity index (χ2v) is 11.3. The van der Waals surface area contributed by atoms with E-state index in [4.69, 9.17) is 21.9 Å². The molecule has 34 heavy (non-hydrogen) atoms. The zero-order valence-corrected chi connectivity index (χ0v) is 21.2. The number of hydrogen-bond donors (Lipinski definition) is 1. The lowest BCUT2D eigenvalue weighted by molar-refractivity contribution is -0.123. The fourth-order valence-electron chi connectivity index (χ4n) is 4.88. The second-order valence-electron chi connectivity index (χ2n) is 9.64. The van der Waals surface area contributed by atoms with Gasteiger partial charge in [-0.1, -0.05) is 37.0 Å². The standard InChI is InChI=1S/C25H30N4O3S2/c1-15-5-8-17(9-6-15)26-22-19(23(30)28-13-16(2)7-10-21(28)27-22)12-20-24(31)29(25(33)34-20)14-18-4-3-11-32-18/h7,10,12-13,15,17-18,26H,3-6,8-9,11,14H2,1-2H3. The second kappa shape index (κ2) is 9.79. The maximum Gasteiger partial charge on any atom is 0.267 e. The van der Waals surface area contributed by atoms with Gasteiger partial charge in [0.15, 0.2) is 0 Å². The highest BCUT2D eigenvalue weighted by molar-refractivity contribution is 8.26. The topological polar surface area (TPSA) is 75.9 Å². The van der Waals surface area contributed by atoms with Crippen molar-refractivity contribution in [3.8, 4) is 0 Å². The number of aryl methyl sites for hydroxylation is 1.